The van der Waals surface area contributed by atoms with E-state index in [2.05, 4.69) is 38.8 Å². The van der Waals surface area contributed by atoms with E-state index >= 15 is 0 Å². The fourth-order valence-electron chi connectivity index (χ4n) is 5.50. The van der Waals surface area contributed by atoms with Crippen molar-refractivity contribution in [2.24, 2.45) is 17.8 Å². The first kappa shape index (κ1) is 21.4. The first-order valence-corrected chi connectivity index (χ1v) is 12.5. The third kappa shape index (κ3) is 4.53. The van der Waals surface area contributed by atoms with Gasteiger partial charge < -0.3 is 4.74 Å². The molecule has 1 aromatic carbocycles. The van der Waals surface area contributed by atoms with E-state index in [1.165, 1.54) is 37.3 Å². The Labute approximate surface area is 192 Å². The van der Waals surface area contributed by atoms with E-state index in [9.17, 15) is 4.39 Å². The van der Waals surface area contributed by atoms with E-state index in [1.807, 2.05) is 12.4 Å². The topological polar surface area (TPSA) is 52.8 Å². The summed E-state index contributed by atoms with van der Waals surface area (Å²) >= 11 is 1.73. The standard InChI is InChI=1S/C25H29FN4OS/c1-17(21-15-19-6-7-20(21)14-19)30-24(16-31-23-5-3-2-4-22(23)26)28-29-25(30)32-13-10-18-8-11-27-12-9-18/h2-5,8-9,11-12,17,19-21H,6-7,10,13-16H2,1H3. The molecule has 4 unspecified atom stereocenters. The van der Waals surface area contributed by atoms with Crippen LogP contribution in [-0.4, -0.2) is 25.5 Å². The van der Waals surface area contributed by atoms with Gasteiger partial charge in [0.2, 0.25) is 0 Å². The average molecular weight is 453 g/mol. The molecule has 2 aliphatic carbocycles. The zero-order chi connectivity index (χ0) is 21.9. The van der Waals surface area contributed by atoms with Gasteiger partial charge in [-0.15, -0.1) is 10.2 Å². The smallest absolute Gasteiger partial charge is 0.191 e. The minimum atomic E-state index is -0.355. The Bertz CT molecular complexity index is 1040. The second-order valence-corrected chi connectivity index (χ2v) is 10.1. The number of aryl methyl sites for hydroxylation is 1. The molecule has 168 valence electrons. The summed E-state index contributed by atoms with van der Waals surface area (Å²) < 4.78 is 22.1. The number of thioether (sulfide) groups is 1. The van der Waals surface area contributed by atoms with Crippen molar-refractivity contribution in [1.82, 2.24) is 19.7 Å². The SMILES string of the molecule is CC(C1CC2CCC1C2)n1c(COc2ccccc2F)nnc1SCCc1ccncc1. The molecule has 3 aromatic rings. The van der Waals surface area contributed by atoms with Gasteiger partial charge in [0.15, 0.2) is 22.5 Å². The minimum absolute atomic E-state index is 0.212. The number of hydrogen-bond acceptors (Lipinski definition) is 5. The van der Waals surface area contributed by atoms with Crippen molar-refractivity contribution in [2.75, 3.05) is 5.75 Å². The average Bonchev–Trinajstić information content (AvgIpc) is 3.55. The summed E-state index contributed by atoms with van der Waals surface area (Å²) in [4.78, 5) is 4.09. The van der Waals surface area contributed by atoms with Gasteiger partial charge in [0.1, 0.15) is 6.61 Å². The summed E-state index contributed by atoms with van der Waals surface area (Å²) in [7, 11) is 0. The lowest BCUT2D eigenvalue weighted by atomic mass is 9.84. The van der Waals surface area contributed by atoms with Gasteiger partial charge in [-0.25, -0.2) is 4.39 Å². The lowest BCUT2D eigenvalue weighted by Crippen LogP contribution is -2.24. The van der Waals surface area contributed by atoms with Gasteiger partial charge in [0.25, 0.3) is 0 Å². The van der Waals surface area contributed by atoms with Gasteiger partial charge in [0, 0.05) is 24.2 Å². The molecule has 2 heterocycles. The second kappa shape index (κ2) is 9.61. The number of para-hydroxylation sites is 1. The van der Waals surface area contributed by atoms with Gasteiger partial charge in [0.05, 0.1) is 0 Å². The molecule has 2 fully saturated rings. The zero-order valence-corrected chi connectivity index (χ0v) is 19.2. The van der Waals surface area contributed by atoms with E-state index in [1.54, 1.807) is 30.0 Å². The van der Waals surface area contributed by atoms with E-state index in [4.69, 9.17) is 4.74 Å². The van der Waals surface area contributed by atoms with Crippen molar-refractivity contribution in [3.8, 4) is 5.75 Å². The largest absolute Gasteiger partial charge is 0.483 e. The molecule has 2 aliphatic rings. The molecule has 2 saturated carbocycles. The Balaban J connectivity index is 1.34. The molecule has 0 spiro atoms. The molecule has 0 saturated heterocycles. The van der Waals surface area contributed by atoms with Gasteiger partial charge in [-0.1, -0.05) is 30.3 Å². The minimum Gasteiger partial charge on any atom is -0.483 e. The van der Waals surface area contributed by atoms with Crippen molar-refractivity contribution in [3.05, 3.63) is 66.0 Å². The van der Waals surface area contributed by atoms with Crippen LogP contribution in [0.4, 0.5) is 4.39 Å². The fraction of sp³-hybridized carbons (Fsp3) is 0.480. The third-order valence-electron chi connectivity index (χ3n) is 7.12. The van der Waals surface area contributed by atoms with E-state index < -0.39 is 0 Å². The highest BCUT2D eigenvalue weighted by Gasteiger charge is 2.43. The second-order valence-electron chi connectivity index (χ2n) is 9.02. The molecule has 2 bridgehead atoms. The van der Waals surface area contributed by atoms with Crippen molar-refractivity contribution < 1.29 is 9.13 Å². The summed E-state index contributed by atoms with van der Waals surface area (Å²) in [6.45, 7) is 2.51. The summed E-state index contributed by atoms with van der Waals surface area (Å²) in [5.74, 6) is 3.91. The molecular formula is C25H29FN4OS. The Morgan fingerprint density at radius 3 is 2.72 bits per heavy atom. The maximum atomic E-state index is 14.1. The van der Waals surface area contributed by atoms with E-state index in [-0.39, 0.29) is 18.2 Å². The number of nitrogens with zero attached hydrogens (tertiary/aromatic N) is 4. The molecule has 2 aromatic heterocycles. The van der Waals surface area contributed by atoms with Crippen molar-refractivity contribution in [2.45, 2.75) is 56.8 Å². The van der Waals surface area contributed by atoms with Crippen LogP contribution in [0.15, 0.2) is 53.9 Å². The van der Waals surface area contributed by atoms with Gasteiger partial charge in [-0.05, 0) is 80.2 Å². The molecule has 5 nitrogen and oxygen atoms in total. The van der Waals surface area contributed by atoms with Gasteiger partial charge >= 0.3 is 0 Å². The normalized spacial score (nSPS) is 22.9. The predicted octanol–water partition coefficient (Wildman–Crippen LogP) is 5.72. The summed E-state index contributed by atoms with van der Waals surface area (Å²) in [6, 6.07) is 10.9. The highest BCUT2D eigenvalue weighted by Crippen LogP contribution is 2.52. The molecule has 5 rings (SSSR count). The predicted molar refractivity (Wildman–Crippen MR) is 123 cm³/mol. The lowest BCUT2D eigenvalue weighted by molar-refractivity contribution is 0.215. The summed E-state index contributed by atoms with van der Waals surface area (Å²) in [5, 5.41) is 9.93. The maximum Gasteiger partial charge on any atom is 0.191 e. The Morgan fingerprint density at radius 1 is 1.12 bits per heavy atom. The molecule has 0 N–H and O–H groups in total. The highest BCUT2D eigenvalue weighted by atomic mass is 32.2. The highest BCUT2D eigenvalue weighted by molar-refractivity contribution is 7.99. The van der Waals surface area contributed by atoms with Crippen LogP contribution < -0.4 is 4.74 Å². The number of benzene rings is 1. The number of aromatic nitrogens is 4. The quantitative estimate of drug-likeness (QED) is 0.389. The molecule has 0 radical (unpaired) electrons. The number of ether oxygens (including phenoxy) is 1. The van der Waals surface area contributed by atoms with Crippen LogP contribution in [0.1, 0.15) is 50.0 Å². The number of halogens is 1. The maximum absolute atomic E-state index is 14.1. The first-order chi connectivity index (χ1) is 15.7. The van der Waals surface area contributed by atoms with E-state index in [0.29, 0.717) is 12.0 Å². The summed E-state index contributed by atoms with van der Waals surface area (Å²) in [5.41, 5.74) is 1.27. The van der Waals surface area contributed by atoms with Crippen LogP contribution in [0.5, 0.6) is 5.75 Å². The lowest BCUT2D eigenvalue weighted by Gasteiger charge is -2.30. The number of rotatable bonds is 9. The first-order valence-electron chi connectivity index (χ1n) is 11.5. The number of hydrogen-bond donors (Lipinski definition) is 0. The molecule has 0 aliphatic heterocycles. The zero-order valence-electron chi connectivity index (χ0n) is 18.4. The van der Waals surface area contributed by atoms with E-state index in [0.717, 1.165) is 35.0 Å². The Morgan fingerprint density at radius 2 is 1.97 bits per heavy atom. The molecule has 0 amide bonds. The number of fused-ring (bicyclic) bond motifs is 2. The van der Waals surface area contributed by atoms with Crippen LogP contribution in [0.3, 0.4) is 0 Å². The number of pyridine rings is 1. The van der Waals surface area contributed by atoms with Crippen LogP contribution in [0, 0.1) is 23.6 Å². The molecule has 7 heteroatoms. The van der Waals surface area contributed by atoms with Crippen LogP contribution in [-0.2, 0) is 13.0 Å². The van der Waals surface area contributed by atoms with Gasteiger partial charge in [-0.3, -0.25) is 9.55 Å². The van der Waals surface area contributed by atoms with Gasteiger partial charge in [-0.2, -0.15) is 0 Å². The van der Waals surface area contributed by atoms with Crippen molar-refractivity contribution in [3.63, 3.8) is 0 Å². The van der Waals surface area contributed by atoms with Crippen LogP contribution in [0.25, 0.3) is 0 Å². The fourth-order valence-corrected chi connectivity index (χ4v) is 6.53. The Kier molecular flexibility index (Phi) is 6.44. The molecule has 4 atom stereocenters. The monoisotopic (exact) mass is 452 g/mol. The third-order valence-corrected chi connectivity index (χ3v) is 8.06. The Hall–Kier alpha value is -2.41. The molecule has 32 heavy (non-hydrogen) atoms. The molecular weight excluding hydrogens is 423 g/mol. The van der Waals surface area contributed by atoms with Crippen molar-refractivity contribution >= 4 is 11.8 Å². The van der Waals surface area contributed by atoms with Crippen molar-refractivity contribution in [1.29, 1.82) is 0 Å². The van der Waals surface area contributed by atoms with Crippen LogP contribution >= 0.6 is 11.8 Å². The van der Waals surface area contributed by atoms with Crippen LogP contribution in [0.2, 0.25) is 0 Å². The summed E-state index contributed by atoms with van der Waals surface area (Å²) in [6.07, 6.45) is 9.99.